The fraction of sp³-hybridized carbons (Fsp3) is 0.600. The van der Waals surface area contributed by atoms with Crippen LogP contribution < -0.4 is 5.32 Å². The van der Waals surface area contributed by atoms with Gasteiger partial charge < -0.3 is 10.1 Å². The summed E-state index contributed by atoms with van der Waals surface area (Å²) in [4.78, 5) is 0. The molecule has 19 heavy (non-hydrogen) atoms. The van der Waals surface area contributed by atoms with E-state index < -0.39 is 0 Å². The normalized spacial score (nSPS) is 14.4. The van der Waals surface area contributed by atoms with Crippen LogP contribution >= 0.6 is 15.9 Å². The molecule has 0 aliphatic rings. The summed E-state index contributed by atoms with van der Waals surface area (Å²) in [5.74, 6) is -0.133. The first-order chi connectivity index (χ1) is 9.00. The lowest BCUT2D eigenvalue weighted by atomic mass is 9.81. The first-order valence-electron chi connectivity index (χ1n) is 6.64. The maximum atomic E-state index is 13.9. The summed E-state index contributed by atoms with van der Waals surface area (Å²) in [7, 11) is 1.69. The van der Waals surface area contributed by atoms with Crippen molar-refractivity contribution in [3.8, 4) is 0 Å². The number of halogens is 2. The zero-order chi connectivity index (χ0) is 14.3. The summed E-state index contributed by atoms with van der Waals surface area (Å²) in [6.07, 6.45) is 1.74. The molecule has 0 heterocycles. The monoisotopic (exact) mass is 331 g/mol. The summed E-state index contributed by atoms with van der Waals surface area (Å²) in [5, 5.41) is 3.37. The molecule has 0 saturated carbocycles. The Balaban J connectivity index is 2.63. The molecule has 1 rings (SSSR count). The Hall–Kier alpha value is -0.450. The standard InChI is InChI=1S/C15H23BrFNO/c1-4-15(2,11-18-7-8-19-3)10-12-5-6-13(16)9-14(12)17/h5-6,9,18H,4,7-8,10-11H2,1-3H3. The number of hydrogen-bond acceptors (Lipinski definition) is 2. The Morgan fingerprint density at radius 3 is 2.74 bits per heavy atom. The van der Waals surface area contributed by atoms with Crippen LogP contribution in [0.5, 0.6) is 0 Å². The van der Waals surface area contributed by atoms with Crippen molar-refractivity contribution >= 4 is 15.9 Å². The summed E-state index contributed by atoms with van der Waals surface area (Å²) in [5.41, 5.74) is 0.837. The number of rotatable bonds is 8. The van der Waals surface area contributed by atoms with Crippen LogP contribution in [-0.4, -0.2) is 26.8 Å². The predicted octanol–water partition coefficient (Wildman–Crippen LogP) is 3.78. The van der Waals surface area contributed by atoms with E-state index in [0.29, 0.717) is 6.61 Å². The Kier molecular flexibility index (Phi) is 6.97. The largest absolute Gasteiger partial charge is 0.383 e. The van der Waals surface area contributed by atoms with Gasteiger partial charge in [0.15, 0.2) is 0 Å². The van der Waals surface area contributed by atoms with Crippen molar-refractivity contribution in [2.45, 2.75) is 26.7 Å². The van der Waals surface area contributed by atoms with E-state index >= 15 is 0 Å². The van der Waals surface area contributed by atoms with Gasteiger partial charge in [0, 0.05) is 24.7 Å². The van der Waals surface area contributed by atoms with Gasteiger partial charge in [-0.2, -0.15) is 0 Å². The van der Waals surface area contributed by atoms with Gasteiger partial charge in [-0.3, -0.25) is 0 Å². The Labute approximate surface area is 123 Å². The molecular weight excluding hydrogens is 309 g/mol. The molecule has 0 radical (unpaired) electrons. The third kappa shape index (κ3) is 5.59. The highest BCUT2D eigenvalue weighted by atomic mass is 79.9. The van der Waals surface area contributed by atoms with E-state index in [2.05, 4.69) is 35.1 Å². The maximum absolute atomic E-state index is 13.9. The van der Waals surface area contributed by atoms with Crippen molar-refractivity contribution in [1.82, 2.24) is 5.32 Å². The number of methoxy groups -OCH3 is 1. The highest BCUT2D eigenvalue weighted by molar-refractivity contribution is 9.10. The molecule has 0 fully saturated rings. The number of benzene rings is 1. The van der Waals surface area contributed by atoms with Gasteiger partial charge in [-0.1, -0.05) is 35.8 Å². The Morgan fingerprint density at radius 2 is 2.16 bits per heavy atom. The molecule has 0 saturated heterocycles. The second-order valence-electron chi connectivity index (χ2n) is 5.25. The molecule has 1 N–H and O–H groups in total. The van der Waals surface area contributed by atoms with Crippen molar-refractivity contribution in [3.63, 3.8) is 0 Å². The average molecular weight is 332 g/mol. The van der Waals surface area contributed by atoms with Gasteiger partial charge in [-0.25, -0.2) is 4.39 Å². The van der Waals surface area contributed by atoms with Crippen LogP contribution in [0.15, 0.2) is 22.7 Å². The van der Waals surface area contributed by atoms with E-state index in [9.17, 15) is 4.39 Å². The van der Waals surface area contributed by atoms with Crippen molar-refractivity contribution in [2.24, 2.45) is 5.41 Å². The highest BCUT2D eigenvalue weighted by Gasteiger charge is 2.23. The van der Waals surface area contributed by atoms with Crippen LogP contribution in [0, 0.1) is 11.2 Å². The smallest absolute Gasteiger partial charge is 0.127 e. The summed E-state index contributed by atoms with van der Waals surface area (Å²) >= 11 is 3.29. The molecule has 1 atom stereocenters. The SMILES string of the molecule is CCC(C)(CNCCOC)Cc1ccc(Br)cc1F. The summed E-state index contributed by atoms with van der Waals surface area (Å²) in [6.45, 7) is 6.73. The molecule has 108 valence electrons. The van der Waals surface area contributed by atoms with Gasteiger partial charge in [0.05, 0.1) is 6.61 Å². The van der Waals surface area contributed by atoms with Crippen molar-refractivity contribution in [3.05, 3.63) is 34.1 Å². The van der Waals surface area contributed by atoms with Crippen LogP contribution in [0.2, 0.25) is 0 Å². The first-order valence-corrected chi connectivity index (χ1v) is 7.43. The first kappa shape index (κ1) is 16.6. The molecular formula is C15H23BrFNO. The third-order valence-corrected chi connectivity index (χ3v) is 4.01. The fourth-order valence-electron chi connectivity index (χ4n) is 2.00. The van der Waals surface area contributed by atoms with Crippen LogP contribution in [0.4, 0.5) is 4.39 Å². The molecule has 1 aromatic rings. The van der Waals surface area contributed by atoms with Crippen molar-refractivity contribution < 1.29 is 9.13 Å². The Bertz CT molecular complexity index is 400. The zero-order valence-electron chi connectivity index (χ0n) is 11.9. The van der Waals surface area contributed by atoms with Gasteiger partial charge >= 0.3 is 0 Å². The third-order valence-electron chi connectivity index (χ3n) is 3.52. The average Bonchev–Trinajstić information content (AvgIpc) is 2.38. The second-order valence-corrected chi connectivity index (χ2v) is 6.16. The van der Waals surface area contributed by atoms with Gasteiger partial charge in [0.1, 0.15) is 5.82 Å². The molecule has 0 aliphatic heterocycles. The van der Waals surface area contributed by atoms with Gasteiger partial charge in [0.2, 0.25) is 0 Å². The van der Waals surface area contributed by atoms with Gasteiger partial charge in [0.25, 0.3) is 0 Å². The lowest BCUT2D eigenvalue weighted by molar-refractivity contribution is 0.191. The van der Waals surface area contributed by atoms with Gasteiger partial charge in [-0.15, -0.1) is 0 Å². The minimum Gasteiger partial charge on any atom is -0.383 e. The lowest BCUT2D eigenvalue weighted by Gasteiger charge is -2.29. The highest BCUT2D eigenvalue weighted by Crippen LogP contribution is 2.28. The molecule has 0 spiro atoms. The quantitative estimate of drug-likeness (QED) is 0.732. The molecule has 0 bridgehead atoms. The minimum absolute atomic E-state index is 0.0579. The van der Waals surface area contributed by atoms with Crippen LogP contribution in [-0.2, 0) is 11.2 Å². The molecule has 0 aliphatic carbocycles. The number of hydrogen-bond donors (Lipinski definition) is 1. The second kappa shape index (κ2) is 7.98. The number of ether oxygens (including phenoxy) is 1. The molecule has 4 heteroatoms. The molecule has 1 unspecified atom stereocenters. The minimum atomic E-state index is -0.133. The van der Waals surface area contributed by atoms with Gasteiger partial charge in [-0.05, 0) is 36.0 Å². The van der Waals surface area contributed by atoms with Crippen LogP contribution in [0.3, 0.4) is 0 Å². The summed E-state index contributed by atoms with van der Waals surface area (Å²) < 4.78 is 19.7. The van der Waals surface area contributed by atoms with E-state index in [1.54, 1.807) is 7.11 Å². The van der Waals surface area contributed by atoms with E-state index in [-0.39, 0.29) is 11.2 Å². The molecule has 1 aromatic carbocycles. The predicted molar refractivity (Wildman–Crippen MR) is 80.9 cm³/mol. The van der Waals surface area contributed by atoms with E-state index in [0.717, 1.165) is 36.0 Å². The zero-order valence-corrected chi connectivity index (χ0v) is 13.5. The van der Waals surface area contributed by atoms with Crippen LogP contribution in [0.25, 0.3) is 0 Å². The van der Waals surface area contributed by atoms with E-state index in [1.165, 1.54) is 6.07 Å². The lowest BCUT2D eigenvalue weighted by Crippen LogP contribution is -2.35. The van der Waals surface area contributed by atoms with Crippen molar-refractivity contribution in [1.29, 1.82) is 0 Å². The number of nitrogens with one attached hydrogen (secondary N) is 1. The van der Waals surface area contributed by atoms with Crippen LogP contribution in [0.1, 0.15) is 25.8 Å². The molecule has 0 aromatic heterocycles. The Morgan fingerprint density at radius 1 is 1.42 bits per heavy atom. The maximum Gasteiger partial charge on any atom is 0.127 e. The van der Waals surface area contributed by atoms with Crippen molar-refractivity contribution in [2.75, 3.05) is 26.8 Å². The topological polar surface area (TPSA) is 21.3 Å². The molecule has 0 amide bonds. The fourth-order valence-corrected chi connectivity index (χ4v) is 2.33. The van der Waals surface area contributed by atoms with E-state index in [1.807, 2.05) is 12.1 Å². The molecule has 2 nitrogen and oxygen atoms in total. The summed E-state index contributed by atoms with van der Waals surface area (Å²) in [6, 6.07) is 5.29. The van der Waals surface area contributed by atoms with E-state index in [4.69, 9.17) is 4.74 Å².